The number of hydrogen-bond acceptors (Lipinski definition) is 4. The van der Waals surface area contributed by atoms with Crippen LogP contribution in [0.5, 0.6) is 5.75 Å². The van der Waals surface area contributed by atoms with Crippen molar-refractivity contribution in [1.82, 2.24) is 5.32 Å². The molecule has 3 amide bonds. The Balaban J connectivity index is 1.87. The maximum atomic E-state index is 12.3. The molecule has 142 valence electrons. The van der Waals surface area contributed by atoms with Crippen LogP contribution in [0, 0.1) is 0 Å². The lowest BCUT2D eigenvalue weighted by atomic mass is 10.2. The first-order valence-corrected chi connectivity index (χ1v) is 8.73. The Morgan fingerprint density at radius 3 is 2.04 bits per heavy atom. The second-order valence-corrected chi connectivity index (χ2v) is 5.64. The van der Waals surface area contributed by atoms with Crippen LogP contribution < -0.4 is 20.7 Å². The zero-order chi connectivity index (χ0) is 19.6. The van der Waals surface area contributed by atoms with E-state index in [9.17, 15) is 14.4 Å². The fraction of sp³-hybridized carbons (Fsp3) is 0.250. The monoisotopic (exact) mass is 369 g/mol. The number of benzene rings is 2. The molecule has 0 spiro atoms. The van der Waals surface area contributed by atoms with E-state index in [0.717, 1.165) is 0 Å². The summed E-state index contributed by atoms with van der Waals surface area (Å²) in [5.41, 5.74) is 1.60. The summed E-state index contributed by atoms with van der Waals surface area (Å²) < 4.78 is 5.42. The van der Waals surface area contributed by atoms with E-state index in [1.54, 1.807) is 55.5 Å². The molecule has 7 nitrogen and oxygen atoms in total. The van der Waals surface area contributed by atoms with Crippen molar-refractivity contribution in [3.63, 3.8) is 0 Å². The van der Waals surface area contributed by atoms with Gasteiger partial charge in [-0.3, -0.25) is 14.4 Å². The maximum Gasteiger partial charge on any atom is 0.255 e. The number of rotatable bonds is 8. The van der Waals surface area contributed by atoms with E-state index in [2.05, 4.69) is 16.0 Å². The SMILES string of the molecule is CCOc1ccccc1C(=O)NCC(=O)Nc1ccc(NC(=O)CC)cc1. The predicted octanol–water partition coefficient (Wildman–Crippen LogP) is 2.80. The smallest absolute Gasteiger partial charge is 0.255 e. The lowest BCUT2D eigenvalue weighted by molar-refractivity contribution is -0.116. The first kappa shape index (κ1) is 20.0. The Morgan fingerprint density at radius 2 is 1.44 bits per heavy atom. The highest BCUT2D eigenvalue weighted by Gasteiger charge is 2.13. The van der Waals surface area contributed by atoms with E-state index in [-0.39, 0.29) is 24.3 Å². The van der Waals surface area contributed by atoms with Gasteiger partial charge < -0.3 is 20.7 Å². The molecule has 0 saturated heterocycles. The average molecular weight is 369 g/mol. The number of carbonyl (C=O) groups excluding carboxylic acids is 3. The zero-order valence-corrected chi connectivity index (χ0v) is 15.4. The van der Waals surface area contributed by atoms with E-state index < -0.39 is 0 Å². The van der Waals surface area contributed by atoms with Gasteiger partial charge in [0.15, 0.2) is 0 Å². The lowest BCUT2D eigenvalue weighted by Crippen LogP contribution is -2.33. The molecule has 0 bridgehead atoms. The zero-order valence-electron chi connectivity index (χ0n) is 15.4. The van der Waals surface area contributed by atoms with Crippen LogP contribution in [0.1, 0.15) is 30.6 Å². The normalized spacial score (nSPS) is 10.0. The van der Waals surface area contributed by atoms with Gasteiger partial charge in [-0.15, -0.1) is 0 Å². The molecule has 3 N–H and O–H groups in total. The third-order valence-electron chi connectivity index (χ3n) is 3.61. The number of hydrogen-bond donors (Lipinski definition) is 3. The van der Waals surface area contributed by atoms with E-state index in [0.29, 0.717) is 35.7 Å². The molecule has 0 radical (unpaired) electrons. The molecule has 27 heavy (non-hydrogen) atoms. The van der Waals surface area contributed by atoms with Crippen molar-refractivity contribution in [2.24, 2.45) is 0 Å². The molecule has 2 rings (SSSR count). The summed E-state index contributed by atoms with van der Waals surface area (Å²) in [5.74, 6) is -0.348. The van der Waals surface area contributed by atoms with Gasteiger partial charge in [-0.2, -0.15) is 0 Å². The van der Waals surface area contributed by atoms with Crippen LogP contribution in [0.15, 0.2) is 48.5 Å². The van der Waals surface area contributed by atoms with Gasteiger partial charge >= 0.3 is 0 Å². The molecule has 0 unspecified atom stereocenters. The van der Waals surface area contributed by atoms with Crippen LogP contribution in [0.25, 0.3) is 0 Å². The first-order valence-electron chi connectivity index (χ1n) is 8.73. The van der Waals surface area contributed by atoms with Gasteiger partial charge in [0.05, 0.1) is 18.7 Å². The number of anilines is 2. The van der Waals surface area contributed by atoms with Gasteiger partial charge in [-0.25, -0.2) is 0 Å². The highest BCUT2D eigenvalue weighted by molar-refractivity contribution is 6.01. The fourth-order valence-electron chi connectivity index (χ4n) is 2.28. The summed E-state index contributed by atoms with van der Waals surface area (Å²) >= 11 is 0. The minimum atomic E-state index is -0.383. The fourth-order valence-corrected chi connectivity index (χ4v) is 2.28. The van der Waals surface area contributed by atoms with Crippen molar-refractivity contribution in [3.05, 3.63) is 54.1 Å². The Kier molecular flexibility index (Phi) is 7.37. The molecule has 0 atom stereocenters. The Labute approximate surface area is 158 Å². The van der Waals surface area contributed by atoms with Crippen LogP contribution in [-0.4, -0.2) is 30.9 Å². The van der Waals surface area contributed by atoms with Gasteiger partial charge in [0.2, 0.25) is 11.8 Å². The van der Waals surface area contributed by atoms with Crippen molar-refractivity contribution < 1.29 is 19.1 Å². The van der Waals surface area contributed by atoms with E-state index in [1.807, 2.05) is 6.92 Å². The quantitative estimate of drug-likeness (QED) is 0.667. The number of ether oxygens (including phenoxy) is 1. The topological polar surface area (TPSA) is 96.5 Å². The molecule has 2 aromatic carbocycles. The molecular formula is C20H23N3O4. The largest absolute Gasteiger partial charge is 0.493 e. The average Bonchev–Trinajstić information content (AvgIpc) is 2.68. The van der Waals surface area contributed by atoms with Gasteiger partial charge in [0, 0.05) is 17.8 Å². The number of amides is 3. The number of nitrogens with one attached hydrogen (secondary N) is 3. The van der Waals surface area contributed by atoms with E-state index in [4.69, 9.17) is 4.74 Å². The second kappa shape index (κ2) is 9.96. The summed E-state index contributed by atoms with van der Waals surface area (Å²) in [7, 11) is 0. The van der Waals surface area contributed by atoms with Crippen molar-refractivity contribution in [2.45, 2.75) is 20.3 Å². The van der Waals surface area contributed by atoms with Crippen molar-refractivity contribution in [3.8, 4) is 5.75 Å². The van der Waals surface area contributed by atoms with Gasteiger partial charge in [-0.05, 0) is 43.3 Å². The summed E-state index contributed by atoms with van der Waals surface area (Å²) in [6.07, 6.45) is 0.393. The molecule has 0 aliphatic rings. The Morgan fingerprint density at radius 1 is 0.852 bits per heavy atom. The van der Waals surface area contributed by atoms with Crippen LogP contribution in [0.3, 0.4) is 0 Å². The van der Waals surface area contributed by atoms with Gasteiger partial charge in [0.1, 0.15) is 5.75 Å². The second-order valence-electron chi connectivity index (χ2n) is 5.64. The molecule has 0 heterocycles. The predicted molar refractivity (Wildman–Crippen MR) is 104 cm³/mol. The molecule has 7 heteroatoms. The standard InChI is InChI=1S/C20H23N3O4/c1-3-18(24)22-14-9-11-15(12-10-14)23-19(25)13-21-20(26)16-7-5-6-8-17(16)27-4-2/h5-12H,3-4,13H2,1-2H3,(H,21,26)(H,22,24)(H,23,25). The first-order chi connectivity index (χ1) is 13.0. The Hall–Kier alpha value is -3.35. The molecule has 0 saturated carbocycles. The molecule has 2 aromatic rings. The molecule has 0 aliphatic carbocycles. The Bertz CT molecular complexity index is 803. The molecule has 0 aliphatic heterocycles. The van der Waals surface area contributed by atoms with Crippen LogP contribution in [0.4, 0.5) is 11.4 Å². The number of carbonyl (C=O) groups is 3. The highest BCUT2D eigenvalue weighted by atomic mass is 16.5. The minimum absolute atomic E-state index is 0.0816. The van der Waals surface area contributed by atoms with Gasteiger partial charge in [0.25, 0.3) is 5.91 Å². The summed E-state index contributed by atoms with van der Waals surface area (Å²) in [4.78, 5) is 35.6. The molecular weight excluding hydrogens is 346 g/mol. The van der Waals surface area contributed by atoms with Crippen LogP contribution in [0.2, 0.25) is 0 Å². The van der Waals surface area contributed by atoms with E-state index >= 15 is 0 Å². The van der Waals surface area contributed by atoms with Crippen LogP contribution in [-0.2, 0) is 9.59 Å². The lowest BCUT2D eigenvalue weighted by Gasteiger charge is -2.11. The highest BCUT2D eigenvalue weighted by Crippen LogP contribution is 2.17. The summed E-state index contributed by atoms with van der Waals surface area (Å²) in [6, 6.07) is 13.6. The van der Waals surface area contributed by atoms with Crippen molar-refractivity contribution in [1.29, 1.82) is 0 Å². The third kappa shape index (κ3) is 6.14. The third-order valence-corrected chi connectivity index (χ3v) is 3.61. The van der Waals surface area contributed by atoms with Crippen molar-refractivity contribution in [2.75, 3.05) is 23.8 Å². The van der Waals surface area contributed by atoms with Gasteiger partial charge in [-0.1, -0.05) is 19.1 Å². The number of para-hydroxylation sites is 1. The summed E-state index contributed by atoms with van der Waals surface area (Å²) in [5, 5.41) is 7.99. The summed E-state index contributed by atoms with van der Waals surface area (Å²) in [6.45, 7) is 3.87. The van der Waals surface area contributed by atoms with E-state index in [1.165, 1.54) is 0 Å². The molecule has 0 aromatic heterocycles. The van der Waals surface area contributed by atoms with Crippen molar-refractivity contribution >= 4 is 29.1 Å². The minimum Gasteiger partial charge on any atom is -0.493 e. The maximum absolute atomic E-state index is 12.3. The van der Waals surface area contributed by atoms with Crippen LogP contribution >= 0.6 is 0 Å². The molecule has 0 fully saturated rings.